The topological polar surface area (TPSA) is 3.24 Å². The van der Waals surface area contributed by atoms with E-state index in [-0.39, 0.29) is 0 Å². The average Bonchev–Trinajstić information content (AvgIpc) is 3.55. The Balaban J connectivity index is 1.23. The monoisotopic (exact) mass is 761 g/mol. The highest BCUT2D eigenvalue weighted by molar-refractivity contribution is 6.02. The van der Waals surface area contributed by atoms with Gasteiger partial charge >= 0.3 is 0 Å². The van der Waals surface area contributed by atoms with Gasteiger partial charge in [0.1, 0.15) is 0 Å². The van der Waals surface area contributed by atoms with Crippen LogP contribution in [-0.4, -0.2) is 0 Å². The van der Waals surface area contributed by atoms with Crippen molar-refractivity contribution in [3.63, 3.8) is 0 Å². The van der Waals surface area contributed by atoms with Crippen molar-refractivity contribution in [3.8, 4) is 55.6 Å². The van der Waals surface area contributed by atoms with E-state index in [9.17, 15) is 0 Å². The molecule has 0 radical (unpaired) electrons. The molecule has 0 aromatic heterocycles. The lowest BCUT2D eigenvalue weighted by Gasteiger charge is -2.37. The van der Waals surface area contributed by atoms with E-state index >= 15 is 0 Å². The van der Waals surface area contributed by atoms with Crippen molar-refractivity contribution in [2.75, 3.05) is 4.90 Å². The van der Waals surface area contributed by atoms with Crippen LogP contribution in [-0.2, 0) is 5.41 Å². The second kappa shape index (κ2) is 13.7. The van der Waals surface area contributed by atoms with Gasteiger partial charge in [0, 0.05) is 16.8 Å². The molecule has 1 nitrogen and oxygen atoms in total. The molecule has 280 valence electrons. The Morgan fingerprint density at radius 2 is 0.650 bits per heavy atom. The van der Waals surface area contributed by atoms with Gasteiger partial charge < -0.3 is 4.90 Å². The SMILES string of the molecule is c1ccc(-c2ccccc2N(c2ccc3c(c2)C2(c4ccccc4-c4ccccc4-3)c3ccccc3-c3cc4ccccc4cc32)c2ccccc2-c2ccccc2)cc1. The highest BCUT2D eigenvalue weighted by Gasteiger charge is 2.50. The van der Waals surface area contributed by atoms with Crippen molar-refractivity contribution in [2.24, 2.45) is 0 Å². The fourth-order valence-corrected chi connectivity index (χ4v) is 10.4. The quantitative estimate of drug-likeness (QED) is 0.169. The molecule has 0 aliphatic heterocycles. The molecule has 10 aromatic carbocycles. The van der Waals surface area contributed by atoms with Crippen LogP contribution in [0.2, 0.25) is 0 Å². The summed E-state index contributed by atoms with van der Waals surface area (Å²) in [5.41, 5.74) is 20.2. The van der Waals surface area contributed by atoms with Crippen LogP contribution in [0.4, 0.5) is 17.1 Å². The second-order valence-corrected chi connectivity index (χ2v) is 16.0. The Morgan fingerprint density at radius 3 is 1.22 bits per heavy atom. The maximum atomic E-state index is 2.53. The van der Waals surface area contributed by atoms with E-state index < -0.39 is 5.41 Å². The molecule has 0 amide bonds. The molecule has 1 spiro atoms. The summed E-state index contributed by atoms with van der Waals surface area (Å²) in [5, 5.41) is 2.50. The number of anilines is 3. The van der Waals surface area contributed by atoms with Gasteiger partial charge in [-0.25, -0.2) is 0 Å². The second-order valence-electron chi connectivity index (χ2n) is 16.0. The number of rotatable bonds is 5. The molecule has 0 heterocycles. The molecule has 1 atom stereocenters. The molecular weight excluding hydrogens is 723 g/mol. The molecule has 0 saturated carbocycles. The molecule has 0 N–H and O–H groups in total. The van der Waals surface area contributed by atoms with E-state index in [4.69, 9.17) is 0 Å². The molecule has 60 heavy (non-hydrogen) atoms. The van der Waals surface area contributed by atoms with Crippen molar-refractivity contribution in [2.45, 2.75) is 5.41 Å². The first kappa shape index (κ1) is 34.3. The van der Waals surface area contributed by atoms with Crippen LogP contribution in [0.5, 0.6) is 0 Å². The van der Waals surface area contributed by atoms with E-state index in [1.165, 1.54) is 88.7 Å². The largest absolute Gasteiger partial charge is 0.309 e. The molecule has 0 saturated heterocycles. The van der Waals surface area contributed by atoms with Gasteiger partial charge in [0.05, 0.1) is 16.8 Å². The van der Waals surface area contributed by atoms with Gasteiger partial charge in [0.2, 0.25) is 0 Å². The van der Waals surface area contributed by atoms with E-state index in [1.807, 2.05) is 0 Å². The lowest BCUT2D eigenvalue weighted by atomic mass is 9.65. The van der Waals surface area contributed by atoms with Crippen LogP contribution in [0.25, 0.3) is 66.4 Å². The van der Waals surface area contributed by atoms with Crippen molar-refractivity contribution in [1.82, 2.24) is 0 Å². The summed E-state index contributed by atoms with van der Waals surface area (Å²) >= 11 is 0. The standard InChI is InChI=1S/C59H39N/c1-3-19-40(20-4-1)45-25-13-17-33-57(45)60(58-34-18-14-26-46(58)41-21-5-2-6-22-41)44-35-36-51-48-28-10-9-27-47(48)49-29-11-15-31-53(49)59(56(51)39-44)54-32-16-12-30-50(54)52-37-42-23-7-8-24-43(42)38-55(52)59/h1-39H. The highest BCUT2D eigenvalue weighted by Crippen LogP contribution is 2.62. The lowest BCUT2D eigenvalue weighted by Crippen LogP contribution is -2.29. The summed E-state index contributed by atoms with van der Waals surface area (Å²) in [6.45, 7) is 0. The van der Waals surface area contributed by atoms with Crippen LogP contribution in [0.1, 0.15) is 22.3 Å². The van der Waals surface area contributed by atoms with Gasteiger partial charge in [-0.05, 0) is 114 Å². The van der Waals surface area contributed by atoms with Crippen molar-refractivity contribution in [3.05, 3.63) is 259 Å². The summed E-state index contributed by atoms with van der Waals surface area (Å²) in [5.74, 6) is 0. The molecule has 2 aliphatic rings. The Morgan fingerprint density at radius 1 is 0.250 bits per heavy atom. The lowest BCUT2D eigenvalue weighted by molar-refractivity contribution is 0.776. The first-order valence-electron chi connectivity index (χ1n) is 20.8. The first-order valence-corrected chi connectivity index (χ1v) is 20.8. The van der Waals surface area contributed by atoms with Gasteiger partial charge in [0.25, 0.3) is 0 Å². The van der Waals surface area contributed by atoms with Crippen LogP contribution in [0.3, 0.4) is 0 Å². The Kier molecular flexibility index (Phi) is 7.83. The van der Waals surface area contributed by atoms with Crippen molar-refractivity contribution in [1.29, 1.82) is 0 Å². The van der Waals surface area contributed by atoms with Gasteiger partial charge in [-0.15, -0.1) is 0 Å². The zero-order chi connectivity index (χ0) is 39.6. The summed E-state index contributed by atoms with van der Waals surface area (Å²) in [4.78, 5) is 2.50. The Labute approximate surface area is 351 Å². The highest BCUT2D eigenvalue weighted by atomic mass is 15.1. The smallest absolute Gasteiger partial charge is 0.0726 e. The molecule has 12 rings (SSSR count). The predicted molar refractivity (Wildman–Crippen MR) is 251 cm³/mol. The molecule has 0 fully saturated rings. The minimum Gasteiger partial charge on any atom is -0.309 e. The number of hydrogen-bond acceptors (Lipinski definition) is 1. The third-order valence-electron chi connectivity index (χ3n) is 12.9. The maximum Gasteiger partial charge on any atom is 0.0726 e. The number of para-hydroxylation sites is 2. The maximum absolute atomic E-state index is 2.53. The fourth-order valence-electron chi connectivity index (χ4n) is 10.4. The average molecular weight is 762 g/mol. The predicted octanol–water partition coefficient (Wildman–Crippen LogP) is 15.7. The summed E-state index contributed by atoms with van der Waals surface area (Å²) < 4.78 is 0. The van der Waals surface area contributed by atoms with Gasteiger partial charge in [-0.3, -0.25) is 0 Å². The van der Waals surface area contributed by atoms with Gasteiger partial charge in [0.15, 0.2) is 0 Å². The number of benzene rings is 10. The van der Waals surface area contributed by atoms with Crippen molar-refractivity contribution >= 4 is 27.8 Å². The summed E-state index contributed by atoms with van der Waals surface area (Å²) in [6, 6.07) is 87.7. The van der Waals surface area contributed by atoms with Crippen LogP contribution >= 0.6 is 0 Å². The number of hydrogen-bond donors (Lipinski definition) is 0. The Hall–Kier alpha value is -7.74. The summed E-state index contributed by atoms with van der Waals surface area (Å²) in [7, 11) is 0. The van der Waals surface area contributed by atoms with Gasteiger partial charge in [-0.1, -0.05) is 200 Å². The Bertz CT molecular complexity index is 3190. The minimum atomic E-state index is -0.625. The molecular formula is C59H39N. The molecule has 1 heteroatoms. The van der Waals surface area contributed by atoms with E-state index in [0.29, 0.717) is 0 Å². The number of nitrogens with zero attached hydrogens (tertiary/aromatic N) is 1. The molecule has 10 aromatic rings. The molecule has 1 unspecified atom stereocenters. The van der Waals surface area contributed by atoms with Crippen LogP contribution in [0, 0.1) is 0 Å². The van der Waals surface area contributed by atoms with E-state index in [2.05, 4.69) is 241 Å². The molecule has 0 bridgehead atoms. The van der Waals surface area contributed by atoms with E-state index in [0.717, 1.165) is 17.1 Å². The fraction of sp³-hybridized carbons (Fsp3) is 0.0169. The summed E-state index contributed by atoms with van der Waals surface area (Å²) in [6.07, 6.45) is 0. The normalized spacial score (nSPS) is 14.4. The third kappa shape index (κ3) is 5.06. The van der Waals surface area contributed by atoms with Crippen LogP contribution in [0.15, 0.2) is 237 Å². The number of fused-ring (bicyclic) bond motifs is 13. The molecule has 2 aliphatic carbocycles. The third-order valence-corrected chi connectivity index (χ3v) is 12.9. The van der Waals surface area contributed by atoms with Crippen molar-refractivity contribution < 1.29 is 0 Å². The minimum absolute atomic E-state index is 0.625. The zero-order valence-electron chi connectivity index (χ0n) is 33.0. The van der Waals surface area contributed by atoms with E-state index in [1.54, 1.807) is 0 Å². The zero-order valence-corrected chi connectivity index (χ0v) is 33.0. The van der Waals surface area contributed by atoms with Gasteiger partial charge in [-0.2, -0.15) is 0 Å². The van der Waals surface area contributed by atoms with Crippen LogP contribution < -0.4 is 4.90 Å². The first-order chi connectivity index (χ1) is 29.8.